The second-order valence-electron chi connectivity index (χ2n) is 7.95. The fraction of sp³-hybridized carbons (Fsp3) is 0.385. The fourth-order valence-electron chi connectivity index (χ4n) is 3.50. The molecule has 0 unspecified atom stereocenters. The summed E-state index contributed by atoms with van der Waals surface area (Å²) in [5.74, 6) is -2.01. The predicted molar refractivity (Wildman–Crippen MR) is 143 cm³/mol. The van der Waals surface area contributed by atoms with Gasteiger partial charge in [0, 0.05) is 75.6 Å². The summed E-state index contributed by atoms with van der Waals surface area (Å²) in [6.07, 6.45) is 0. The lowest BCUT2D eigenvalue weighted by molar-refractivity contribution is -0.135. The van der Waals surface area contributed by atoms with Crippen LogP contribution in [0, 0.1) is 0 Å². The molecule has 0 aliphatic heterocycles. The number of halogens is 1. The van der Waals surface area contributed by atoms with Crippen LogP contribution in [0.3, 0.4) is 0 Å². The van der Waals surface area contributed by atoms with E-state index >= 15 is 0 Å². The van der Waals surface area contributed by atoms with E-state index in [2.05, 4.69) is 21.3 Å². The lowest BCUT2D eigenvalue weighted by atomic mass is 9.82. The van der Waals surface area contributed by atoms with Gasteiger partial charge in [-0.05, 0) is 12.1 Å². The molecule has 0 fully saturated rings. The molecule has 0 saturated heterocycles. The third-order valence-corrected chi connectivity index (χ3v) is 4.89. The van der Waals surface area contributed by atoms with Gasteiger partial charge in [0.05, 0.1) is 24.3 Å². The molecule has 0 saturated carbocycles. The molecule has 0 atom stereocenters. The summed E-state index contributed by atoms with van der Waals surface area (Å²) >= 11 is 0. The highest BCUT2D eigenvalue weighted by Gasteiger charge is 2.33. The van der Waals surface area contributed by atoms with Crippen LogP contribution in [-0.4, -0.2) is 96.4 Å². The monoisotopic (exact) mass is 659 g/mol. The molecule has 13 heteroatoms. The second kappa shape index (κ2) is 19.9. The van der Waals surface area contributed by atoms with Gasteiger partial charge in [0.15, 0.2) is 11.6 Å². The van der Waals surface area contributed by atoms with Gasteiger partial charge in [-0.3, -0.25) is 19.2 Å². The third-order valence-electron chi connectivity index (χ3n) is 4.89. The molecule has 1 aliphatic carbocycles. The maximum Gasteiger partial charge on any atom is 0.300 e. The van der Waals surface area contributed by atoms with E-state index in [4.69, 9.17) is 30.0 Å². The lowest BCUT2D eigenvalue weighted by Crippen LogP contribution is -3.00. The maximum absolute atomic E-state index is 13.3. The Bertz CT molecular complexity index is 1010. The molecular weight excluding hydrogens is 623 g/mol. The minimum absolute atomic E-state index is 0. The molecule has 0 amide bonds. The van der Waals surface area contributed by atoms with E-state index in [0.717, 1.165) is 13.8 Å². The summed E-state index contributed by atoms with van der Waals surface area (Å²) in [6.45, 7) is 5.62. The summed E-state index contributed by atoms with van der Waals surface area (Å²) in [7, 11) is 0. The average molecular weight is 659 g/mol. The number of hydrogen-bond acceptors (Lipinski definition) is 10. The Morgan fingerprint density at radius 2 is 0.974 bits per heavy atom. The topological polar surface area (TPSA) is 197 Å². The van der Waals surface area contributed by atoms with E-state index in [-0.39, 0.29) is 48.8 Å². The Labute approximate surface area is 244 Å². The van der Waals surface area contributed by atoms with Gasteiger partial charge in [0.25, 0.3) is 11.9 Å². The number of nitrogens with one attached hydrogen (secondary N) is 4. The molecule has 0 aromatic heterocycles. The highest BCUT2D eigenvalue weighted by Crippen LogP contribution is 2.36. The first-order valence-corrected chi connectivity index (χ1v) is 12.0. The van der Waals surface area contributed by atoms with Gasteiger partial charge in [0.2, 0.25) is 0 Å². The number of ketones is 2. The molecule has 216 valence electrons. The van der Waals surface area contributed by atoms with Crippen molar-refractivity contribution in [2.75, 3.05) is 63.1 Å². The quantitative estimate of drug-likeness (QED) is 0.0762. The fourth-order valence-corrected chi connectivity index (χ4v) is 3.50. The van der Waals surface area contributed by atoms with Gasteiger partial charge >= 0.3 is 0 Å². The zero-order chi connectivity index (χ0) is 28.5. The molecule has 0 heterocycles. The number of aliphatic hydroxyl groups excluding tert-OH is 2. The number of aliphatic carboxylic acids is 2. The minimum atomic E-state index is -0.833. The molecule has 3 rings (SSSR count). The van der Waals surface area contributed by atoms with Crippen molar-refractivity contribution in [1.82, 2.24) is 10.6 Å². The van der Waals surface area contributed by atoms with Crippen LogP contribution in [0.4, 0.5) is 11.4 Å². The number of rotatable bonds is 12. The Kier molecular flexibility index (Phi) is 18.3. The Balaban J connectivity index is 0.00000142. The van der Waals surface area contributed by atoms with E-state index in [1.807, 2.05) is 12.1 Å². The second-order valence-corrected chi connectivity index (χ2v) is 7.95. The van der Waals surface area contributed by atoms with Crippen molar-refractivity contribution in [3.63, 3.8) is 0 Å². The SMILES string of the molecule is CC(=O)O.CC(=O)O.O=C1c2ccccc2C(=O)c2c(NCCNCCO)ccc(NCCNCCO)c21.[I-]. The van der Waals surface area contributed by atoms with Crippen molar-refractivity contribution in [3.05, 3.63) is 58.7 Å². The standard InChI is InChI=1S/C22H28N4O4.2C2H4O2.HI/c27-13-11-23-7-9-25-17-5-6-18(26-10-8-24-12-14-28)20-19(17)21(29)15-3-1-2-4-16(15)22(20)30;2*1-2(3)4;/h1-6,23-28H,7-14H2;2*1H3,(H,3,4);1H/p-1. The Morgan fingerprint density at radius 1 is 0.641 bits per heavy atom. The molecule has 2 aromatic carbocycles. The highest BCUT2D eigenvalue weighted by molar-refractivity contribution is 6.31. The van der Waals surface area contributed by atoms with Crippen LogP contribution in [0.15, 0.2) is 36.4 Å². The van der Waals surface area contributed by atoms with Crippen molar-refractivity contribution >= 4 is 34.9 Å². The molecular formula is C26H36IN4O8-. The van der Waals surface area contributed by atoms with Gasteiger partial charge in [-0.15, -0.1) is 0 Å². The minimum Gasteiger partial charge on any atom is -1.00 e. The summed E-state index contributed by atoms with van der Waals surface area (Å²) in [6, 6.07) is 10.5. The largest absolute Gasteiger partial charge is 1.00 e. The molecule has 1 aliphatic rings. The van der Waals surface area contributed by atoms with Crippen LogP contribution in [0.25, 0.3) is 0 Å². The van der Waals surface area contributed by atoms with Crippen LogP contribution < -0.4 is 45.2 Å². The smallest absolute Gasteiger partial charge is 0.300 e. The number of aliphatic hydroxyl groups is 2. The normalized spacial score (nSPS) is 10.9. The number of hydrogen-bond donors (Lipinski definition) is 8. The van der Waals surface area contributed by atoms with Gasteiger partial charge in [0.1, 0.15) is 0 Å². The molecule has 0 spiro atoms. The van der Waals surface area contributed by atoms with Crippen LogP contribution in [0.5, 0.6) is 0 Å². The number of carboxylic acids is 2. The Hall–Kier alpha value is -3.11. The molecule has 8 N–H and O–H groups in total. The summed E-state index contributed by atoms with van der Waals surface area (Å²) < 4.78 is 0. The Morgan fingerprint density at radius 3 is 1.28 bits per heavy atom. The van der Waals surface area contributed by atoms with Crippen molar-refractivity contribution in [2.45, 2.75) is 13.8 Å². The predicted octanol–water partition coefficient (Wildman–Crippen LogP) is -2.36. The van der Waals surface area contributed by atoms with E-state index in [1.165, 1.54) is 0 Å². The first-order valence-electron chi connectivity index (χ1n) is 12.0. The number of anilines is 2. The van der Waals surface area contributed by atoms with E-state index in [1.54, 1.807) is 24.3 Å². The molecule has 0 radical (unpaired) electrons. The number of fused-ring (bicyclic) bond motifs is 2. The van der Waals surface area contributed by atoms with Crippen molar-refractivity contribution in [2.24, 2.45) is 0 Å². The molecule has 2 aromatic rings. The van der Waals surface area contributed by atoms with Crippen LogP contribution in [0.1, 0.15) is 45.7 Å². The number of carbonyl (C=O) groups excluding carboxylic acids is 2. The molecule has 0 bridgehead atoms. The summed E-state index contributed by atoms with van der Waals surface area (Å²) in [5.41, 5.74) is 2.83. The first kappa shape index (κ1) is 35.9. The highest BCUT2D eigenvalue weighted by atomic mass is 127. The molecule has 12 nitrogen and oxygen atoms in total. The van der Waals surface area contributed by atoms with Crippen LogP contribution in [0.2, 0.25) is 0 Å². The van der Waals surface area contributed by atoms with Gasteiger partial charge < -0.3 is 65.7 Å². The van der Waals surface area contributed by atoms with Crippen LogP contribution >= 0.6 is 0 Å². The van der Waals surface area contributed by atoms with Gasteiger partial charge in [-0.1, -0.05) is 24.3 Å². The van der Waals surface area contributed by atoms with Crippen molar-refractivity contribution in [3.8, 4) is 0 Å². The summed E-state index contributed by atoms with van der Waals surface area (Å²) in [4.78, 5) is 44.5. The number of carboxylic acid groups (broad SMARTS) is 2. The van der Waals surface area contributed by atoms with E-state index in [0.29, 0.717) is 72.9 Å². The lowest BCUT2D eigenvalue weighted by Gasteiger charge is -2.24. The van der Waals surface area contributed by atoms with Crippen molar-refractivity contribution in [1.29, 1.82) is 0 Å². The first-order chi connectivity index (χ1) is 18.1. The number of carbonyl (C=O) groups is 4. The van der Waals surface area contributed by atoms with Gasteiger partial charge in [-0.2, -0.15) is 0 Å². The zero-order valence-electron chi connectivity index (χ0n) is 21.9. The third kappa shape index (κ3) is 12.5. The van der Waals surface area contributed by atoms with E-state index < -0.39 is 11.9 Å². The van der Waals surface area contributed by atoms with Crippen molar-refractivity contribution < 1.29 is 63.6 Å². The zero-order valence-corrected chi connectivity index (χ0v) is 24.1. The average Bonchev–Trinajstić information content (AvgIpc) is 2.86. The maximum atomic E-state index is 13.3. The summed E-state index contributed by atoms with van der Waals surface area (Å²) in [5, 5.41) is 45.2. The van der Waals surface area contributed by atoms with Crippen LogP contribution in [-0.2, 0) is 9.59 Å². The van der Waals surface area contributed by atoms with Gasteiger partial charge in [-0.25, -0.2) is 0 Å². The number of benzene rings is 2. The molecule has 39 heavy (non-hydrogen) atoms. The van der Waals surface area contributed by atoms with E-state index in [9.17, 15) is 9.59 Å².